The molecule has 0 saturated carbocycles. The van der Waals surface area contributed by atoms with Crippen LogP contribution in [-0.4, -0.2) is 31.1 Å². The predicted octanol–water partition coefficient (Wildman–Crippen LogP) is 1.85. The monoisotopic (exact) mass is 207 g/mol. The van der Waals surface area contributed by atoms with Gasteiger partial charge < -0.3 is 0 Å². The third kappa shape index (κ3) is 3.65. The van der Waals surface area contributed by atoms with Crippen molar-refractivity contribution in [3.05, 3.63) is 0 Å². The van der Waals surface area contributed by atoms with Crippen molar-refractivity contribution in [2.45, 2.75) is 46.6 Å². The van der Waals surface area contributed by atoms with Gasteiger partial charge in [-0.3, -0.25) is 0 Å². The molecule has 0 aromatic heterocycles. The maximum atomic E-state index is 11.7. The molecule has 0 N–H and O–H groups in total. The molecular weight excluding hydrogens is 186 g/mol. The Hall–Kier alpha value is -0.0900. The lowest BCUT2D eigenvalue weighted by Gasteiger charge is -2.25. The first-order valence-electron chi connectivity index (χ1n) is 4.99. The predicted molar refractivity (Wildman–Crippen MR) is 56.2 cm³/mol. The zero-order valence-corrected chi connectivity index (χ0v) is 9.89. The van der Waals surface area contributed by atoms with Crippen LogP contribution in [0.3, 0.4) is 0 Å². The summed E-state index contributed by atoms with van der Waals surface area (Å²) in [6.45, 7) is 8.32. The maximum Gasteiger partial charge on any atom is 0.214 e. The lowest BCUT2D eigenvalue weighted by atomic mass is 10.3. The summed E-state index contributed by atoms with van der Waals surface area (Å²) in [5.74, 6) is 0.269. The Morgan fingerprint density at radius 3 is 2.08 bits per heavy atom. The molecule has 0 amide bonds. The molecule has 0 spiro atoms. The molecule has 0 radical (unpaired) electrons. The molecule has 0 aliphatic carbocycles. The van der Waals surface area contributed by atoms with Gasteiger partial charge in [-0.25, -0.2) is 8.42 Å². The minimum Gasteiger partial charge on any atom is -0.212 e. The van der Waals surface area contributed by atoms with E-state index in [1.165, 1.54) is 0 Å². The van der Waals surface area contributed by atoms with E-state index in [0.29, 0.717) is 13.0 Å². The first-order chi connectivity index (χ1) is 5.99. The Bertz CT molecular complexity index is 224. The molecule has 0 heterocycles. The molecule has 4 heteroatoms. The quantitative estimate of drug-likeness (QED) is 0.666. The van der Waals surface area contributed by atoms with Crippen LogP contribution in [0.2, 0.25) is 0 Å². The van der Waals surface area contributed by atoms with Crippen molar-refractivity contribution in [2.24, 2.45) is 0 Å². The summed E-state index contributed by atoms with van der Waals surface area (Å²) in [4.78, 5) is 0. The average molecular weight is 207 g/mol. The van der Waals surface area contributed by atoms with Crippen LogP contribution in [0.1, 0.15) is 40.5 Å². The molecular formula is C9H21NO2S. The minimum absolute atomic E-state index is 0.126. The highest BCUT2D eigenvalue weighted by Crippen LogP contribution is 2.10. The topological polar surface area (TPSA) is 37.4 Å². The van der Waals surface area contributed by atoms with Crippen LogP contribution in [0.5, 0.6) is 0 Å². The lowest BCUT2D eigenvalue weighted by Crippen LogP contribution is -2.39. The van der Waals surface area contributed by atoms with E-state index < -0.39 is 10.0 Å². The van der Waals surface area contributed by atoms with E-state index in [0.717, 1.165) is 6.42 Å². The van der Waals surface area contributed by atoms with Gasteiger partial charge >= 0.3 is 0 Å². The summed E-state index contributed by atoms with van der Waals surface area (Å²) in [6.07, 6.45) is 1.56. The van der Waals surface area contributed by atoms with Crippen molar-refractivity contribution in [1.29, 1.82) is 0 Å². The summed E-state index contributed by atoms with van der Waals surface area (Å²) in [6, 6.07) is 0.126. The largest absolute Gasteiger partial charge is 0.214 e. The standard InChI is InChI=1S/C9H21NO2S/c1-5-8-13(11,12)10(7-3)9(4)6-2/h9H,5-8H2,1-4H3. The van der Waals surface area contributed by atoms with E-state index in [1.54, 1.807) is 4.31 Å². The summed E-state index contributed by atoms with van der Waals surface area (Å²) in [7, 11) is -3.00. The van der Waals surface area contributed by atoms with E-state index in [-0.39, 0.29) is 11.8 Å². The third-order valence-electron chi connectivity index (χ3n) is 2.21. The molecule has 0 aromatic carbocycles. The molecule has 3 nitrogen and oxygen atoms in total. The van der Waals surface area contributed by atoms with E-state index in [9.17, 15) is 8.42 Å². The molecule has 1 unspecified atom stereocenters. The van der Waals surface area contributed by atoms with Gasteiger partial charge in [-0.05, 0) is 19.8 Å². The van der Waals surface area contributed by atoms with Crippen molar-refractivity contribution in [2.75, 3.05) is 12.3 Å². The second-order valence-corrected chi connectivity index (χ2v) is 5.32. The molecule has 13 heavy (non-hydrogen) atoms. The van der Waals surface area contributed by atoms with Gasteiger partial charge in [0.1, 0.15) is 0 Å². The van der Waals surface area contributed by atoms with Crippen LogP contribution in [0.4, 0.5) is 0 Å². The van der Waals surface area contributed by atoms with Gasteiger partial charge in [-0.2, -0.15) is 4.31 Å². The summed E-state index contributed by atoms with van der Waals surface area (Å²) in [5.41, 5.74) is 0. The smallest absolute Gasteiger partial charge is 0.212 e. The highest BCUT2D eigenvalue weighted by Gasteiger charge is 2.23. The van der Waals surface area contributed by atoms with Crippen LogP contribution in [0, 0.1) is 0 Å². The molecule has 0 aliphatic heterocycles. The van der Waals surface area contributed by atoms with Gasteiger partial charge in [-0.15, -0.1) is 0 Å². The summed E-state index contributed by atoms with van der Waals surface area (Å²) in [5, 5.41) is 0. The van der Waals surface area contributed by atoms with Crippen molar-refractivity contribution in [3.8, 4) is 0 Å². The van der Waals surface area contributed by atoms with E-state index >= 15 is 0 Å². The molecule has 0 aromatic rings. The van der Waals surface area contributed by atoms with Gasteiger partial charge in [0, 0.05) is 12.6 Å². The van der Waals surface area contributed by atoms with Gasteiger partial charge in [0.05, 0.1) is 5.75 Å². The van der Waals surface area contributed by atoms with Gasteiger partial charge in [-0.1, -0.05) is 20.8 Å². The first-order valence-corrected chi connectivity index (χ1v) is 6.60. The third-order valence-corrected chi connectivity index (χ3v) is 4.47. The van der Waals surface area contributed by atoms with Crippen molar-refractivity contribution < 1.29 is 8.42 Å². The molecule has 80 valence electrons. The van der Waals surface area contributed by atoms with Crippen LogP contribution < -0.4 is 0 Å². The summed E-state index contributed by atoms with van der Waals surface area (Å²) >= 11 is 0. The molecule has 0 bridgehead atoms. The number of rotatable bonds is 6. The Morgan fingerprint density at radius 2 is 1.77 bits per heavy atom. The van der Waals surface area contributed by atoms with Crippen molar-refractivity contribution in [1.82, 2.24) is 4.31 Å². The van der Waals surface area contributed by atoms with Gasteiger partial charge in [0.2, 0.25) is 10.0 Å². The fourth-order valence-electron chi connectivity index (χ4n) is 1.36. The number of nitrogens with zero attached hydrogens (tertiary/aromatic N) is 1. The number of hydrogen-bond acceptors (Lipinski definition) is 2. The highest BCUT2D eigenvalue weighted by molar-refractivity contribution is 7.89. The molecule has 1 atom stereocenters. The molecule has 0 aliphatic rings. The Labute approximate surface area is 82.2 Å². The Kier molecular flexibility index (Phi) is 5.56. The SMILES string of the molecule is CCCS(=O)(=O)N(CC)C(C)CC. The van der Waals surface area contributed by atoms with Gasteiger partial charge in [0.25, 0.3) is 0 Å². The summed E-state index contributed by atoms with van der Waals surface area (Å²) < 4.78 is 25.0. The van der Waals surface area contributed by atoms with E-state index in [2.05, 4.69) is 0 Å². The first kappa shape index (κ1) is 12.9. The zero-order chi connectivity index (χ0) is 10.5. The molecule has 0 rings (SSSR count). The number of sulfonamides is 1. The fourth-order valence-corrected chi connectivity index (χ4v) is 3.20. The van der Waals surface area contributed by atoms with Crippen LogP contribution in [-0.2, 0) is 10.0 Å². The normalized spacial score (nSPS) is 14.8. The van der Waals surface area contributed by atoms with E-state index in [1.807, 2.05) is 27.7 Å². The second-order valence-electron chi connectivity index (χ2n) is 3.28. The Morgan fingerprint density at radius 1 is 1.23 bits per heavy atom. The molecule has 0 fully saturated rings. The van der Waals surface area contributed by atoms with E-state index in [4.69, 9.17) is 0 Å². The van der Waals surface area contributed by atoms with Crippen LogP contribution in [0.15, 0.2) is 0 Å². The van der Waals surface area contributed by atoms with Crippen molar-refractivity contribution >= 4 is 10.0 Å². The maximum absolute atomic E-state index is 11.7. The lowest BCUT2D eigenvalue weighted by molar-refractivity contribution is 0.342. The average Bonchev–Trinajstić information content (AvgIpc) is 2.04. The minimum atomic E-state index is -3.00. The second kappa shape index (κ2) is 5.60. The zero-order valence-electron chi connectivity index (χ0n) is 9.08. The number of hydrogen-bond donors (Lipinski definition) is 0. The van der Waals surface area contributed by atoms with Crippen LogP contribution >= 0.6 is 0 Å². The molecule has 0 saturated heterocycles. The fraction of sp³-hybridized carbons (Fsp3) is 1.00. The van der Waals surface area contributed by atoms with Crippen molar-refractivity contribution in [3.63, 3.8) is 0 Å². The Balaban J connectivity index is 4.56. The van der Waals surface area contributed by atoms with Crippen LogP contribution in [0.25, 0.3) is 0 Å². The van der Waals surface area contributed by atoms with Gasteiger partial charge in [0.15, 0.2) is 0 Å². The highest BCUT2D eigenvalue weighted by atomic mass is 32.2.